The van der Waals surface area contributed by atoms with E-state index in [-0.39, 0.29) is 0 Å². The van der Waals surface area contributed by atoms with E-state index < -0.39 is 0 Å². The highest BCUT2D eigenvalue weighted by Crippen LogP contribution is 2.04. The maximum absolute atomic E-state index is 4.72. The molecule has 0 aromatic rings. The quantitative estimate of drug-likeness (QED) is 0.437. The Hall–Kier alpha value is -0.0800. The van der Waals surface area contributed by atoms with Gasteiger partial charge in [-0.15, -0.1) is 0 Å². The highest BCUT2D eigenvalue weighted by Gasteiger charge is 2.13. The zero-order valence-electron chi connectivity index (χ0n) is 5.22. The largest absolute Gasteiger partial charge is 0.381 e. The molecule has 1 unspecified atom stereocenters. The van der Waals surface area contributed by atoms with Crippen molar-refractivity contribution in [3.05, 3.63) is 0 Å². The average Bonchev–Trinajstić information content (AvgIpc) is 2.13. The molecule has 48 valence electrons. The second-order valence-electron chi connectivity index (χ2n) is 2.11. The van der Waals surface area contributed by atoms with Crippen LogP contribution in [0.2, 0.25) is 0 Å². The highest BCUT2D eigenvalue weighted by atomic mass is 16.6. The SMILES string of the molecule is C1COC1.CC1CO1. The van der Waals surface area contributed by atoms with Crippen molar-refractivity contribution in [1.82, 2.24) is 0 Å². The molecule has 2 aliphatic heterocycles. The van der Waals surface area contributed by atoms with Gasteiger partial charge in [-0.3, -0.25) is 0 Å². The molecule has 2 heterocycles. The molecule has 8 heavy (non-hydrogen) atoms. The molecule has 2 nitrogen and oxygen atoms in total. The Morgan fingerprint density at radius 2 is 1.62 bits per heavy atom. The fourth-order valence-electron chi connectivity index (χ4n) is 0.241. The maximum Gasteiger partial charge on any atom is 0.0781 e. The van der Waals surface area contributed by atoms with Crippen LogP contribution in [0.15, 0.2) is 0 Å². The molecule has 0 radical (unpaired) electrons. The molecule has 0 N–H and O–H groups in total. The lowest BCUT2D eigenvalue weighted by atomic mass is 10.4. The average molecular weight is 116 g/mol. The molecular weight excluding hydrogens is 104 g/mol. The standard InChI is InChI=1S/2C3H6O/c1-3-2-4-3;1-2-4-3-1/h3H,2H2,1H3;1-3H2. The first-order valence-corrected chi connectivity index (χ1v) is 3.09. The summed E-state index contributed by atoms with van der Waals surface area (Å²) in [5, 5.41) is 0. The summed E-state index contributed by atoms with van der Waals surface area (Å²) in [6.07, 6.45) is 1.86. The van der Waals surface area contributed by atoms with E-state index in [1.54, 1.807) is 0 Å². The van der Waals surface area contributed by atoms with Gasteiger partial charge in [-0.1, -0.05) is 0 Å². The minimum atomic E-state index is 0.583. The maximum atomic E-state index is 4.72. The minimum Gasteiger partial charge on any atom is -0.381 e. The molecule has 0 amide bonds. The van der Waals surface area contributed by atoms with Gasteiger partial charge < -0.3 is 9.47 Å². The first kappa shape index (κ1) is 6.05. The number of hydrogen-bond acceptors (Lipinski definition) is 2. The molecule has 0 aromatic heterocycles. The third-order valence-electron chi connectivity index (χ3n) is 1.08. The van der Waals surface area contributed by atoms with Gasteiger partial charge in [-0.05, 0) is 13.3 Å². The molecule has 0 spiro atoms. The molecule has 2 saturated heterocycles. The summed E-state index contributed by atoms with van der Waals surface area (Å²) in [6, 6.07) is 0. The van der Waals surface area contributed by atoms with Crippen molar-refractivity contribution in [3.63, 3.8) is 0 Å². The van der Waals surface area contributed by atoms with Crippen LogP contribution in [-0.4, -0.2) is 25.9 Å². The van der Waals surface area contributed by atoms with E-state index >= 15 is 0 Å². The van der Waals surface area contributed by atoms with E-state index in [4.69, 9.17) is 9.47 Å². The molecule has 2 fully saturated rings. The lowest BCUT2D eigenvalue weighted by Gasteiger charge is -2.09. The fraction of sp³-hybridized carbons (Fsp3) is 1.00. The molecule has 0 aliphatic carbocycles. The van der Waals surface area contributed by atoms with E-state index in [2.05, 4.69) is 6.92 Å². The van der Waals surface area contributed by atoms with Crippen molar-refractivity contribution in [1.29, 1.82) is 0 Å². The lowest BCUT2D eigenvalue weighted by molar-refractivity contribution is 0.0367. The van der Waals surface area contributed by atoms with Gasteiger partial charge in [-0.2, -0.15) is 0 Å². The van der Waals surface area contributed by atoms with Crippen molar-refractivity contribution < 1.29 is 9.47 Å². The predicted molar refractivity (Wildman–Crippen MR) is 30.8 cm³/mol. The summed E-state index contributed by atoms with van der Waals surface area (Å²) >= 11 is 0. The monoisotopic (exact) mass is 116 g/mol. The van der Waals surface area contributed by atoms with Crippen molar-refractivity contribution in [2.75, 3.05) is 19.8 Å². The molecule has 2 heteroatoms. The zero-order chi connectivity index (χ0) is 5.82. The zero-order valence-corrected chi connectivity index (χ0v) is 5.22. The van der Waals surface area contributed by atoms with E-state index in [0.29, 0.717) is 6.10 Å². The van der Waals surface area contributed by atoms with Crippen molar-refractivity contribution >= 4 is 0 Å². The van der Waals surface area contributed by atoms with Crippen LogP contribution >= 0.6 is 0 Å². The molecular formula is C6H12O2. The summed E-state index contributed by atoms with van der Waals surface area (Å²) in [4.78, 5) is 0. The van der Waals surface area contributed by atoms with Crippen LogP contribution in [0.4, 0.5) is 0 Å². The van der Waals surface area contributed by atoms with Gasteiger partial charge in [-0.25, -0.2) is 0 Å². The third-order valence-corrected chi connectivity index (χ3v) is 1.08. The third kappa shape index (κ3) is 2.99. The topological polar surface area (TPSA) is 21.8 Å². The van der Waals surface area contributed by atoms with Crippen LogP contribution in [0.1, 0.15) is 13.3 Å². The van der Waals surface area contributed by atoms with Crippen molar-refractivity contribution in [3.8, 4) is 0 Å². The van der Waals surface area contributed by atoms with Crippen molar-refractivity contribution in [2.24, 2.45) is 0 Å². The number of rotatable bonds is 0. The second kappa shape index (κ2) is 3.05. The Bertz CT molecular complexity index is 51.5. The van der Waals surface area contributed by atoms with Crippen LogP contribution < -0.4 is 0 Å². The van der Waals surface area contributed by atoms with Crippen LogP contribution in [-0.2, 0) is 9.47 Å². The number of ether oxygens (including phenoxy) is 2. The minimum absolute atomic E-state index is 0.583. The fourth-order valence-corrected chi connectivity index (χ4v) is 0.241. The van der Waals surface area contributed by atoms with E-state index in [1.165, 1.54) is 6.42 Å². The van der Waals surface area contributed by atoms with Gasteiger partial charge >= 0.3 is 0 Å². The van der Waals surface area contributed by atoms with Crippen LogP contribution in [0, 0.1) is 0 Å². The number of epoxide rings is 1. The summed E-state index contributed by atoms with van der Waals surface area (Å²) in [5.41, 5.74) is 0. The Kier molecular flexibility index (Phi) is 2.30. The summed E-state index contributed by atoms with van der Waals surface area (Å²) in [6.45, 7) is 5.04. The van der Waals surface area contributed by atoms with Gasteiger partial charge in [0, 0.05) is 13.2 Å². The van der Waals surface area contributed by atoms with E-state index in [1.807, 2.05) is 0 Å². The molecule has 2 aliphatic rings. The first-order chi connectivity index (χ1) is 3.89. The van der Waals surface area contributed by atoms with Gasteiger partial charge in [0.15, 0.2) is 0 Å². The van der Waals surface area contributed by atoms with Gasteiger partial charge in [0.05, 0.1) is 12.7 Å². The summed E-state index contributed by atoms with van der Waals surface area (Å²) in [5.74, 6) is 0. The Labute approximate surface area is 49.8 Å². The van der Waals surface area contributed by atoms with Gasteiger partial charge in [0.2, 0.25) is 0 Å². The van der Waals surface area contributed by atoms with Crippen LogP contribution in [0.25, 0.3) is 0 Å². The van der Waals surface area contributed by atoms with Crippen LogP contribution in [0.3, 0.4) is 0 Å². The van der Waals surface area contributed by atoms with Crippen molar-refractivity contribution in [2.45, 2.75) is 19.4 Å². The molecule has 0 aromatic carbocycles. The predicted octanol–water partition coefficient (Wildman–Crippen LogP) is 0.812. The highest BCUT2D eigenvalue weighted by molar-refractivity contribution is 4.58. The Morgan fingerprint density at radius 1 is 1.38 bits per heavy atom. The summed E-state index contributed by atoms with van der Waals surface area (Å²) < 4.78 is 9.43. The Morgan fingerprint density at radius 3 is 1.62 bits per heavy atom. The summed E-state index contributed by atoms with van der Waals surface area (Å²) in [7, 11) is 0. The van der Waals surface area contributed by atoms with Crippen LogP contribution in [0.5, 0.6) is 0 Å². The molecule has 1 atom stereocenters. The normalized spacial score (nSPS) is 31.9. The van der Waals surface area contributed by atoms with E-state index in [0.717, 1.165) is 19.8 Å². The van der Waals surface area contributed by atoms with Gasteiger partial charge in [0.25, 0.3) is 0 Å². The molecule has 0 saturated carbocycles. The van der Waals surface area contributed by atoms with Gasteiger partial charge in [0.1, 0.15) is 0 Å². The van der Waals surface area contributed by atoms with E-state index in [9.17, 15) is 0 Å². The smallest absolute Gasteiger partial charge is 0.0781 e. The molecule has 2 rings (SSSR count). The Balaban J connectivity index is 0.0000000800. The second-order valence-corrected chi connectivity index (χ2v) is 2.11. The lowest BCUT2D eigenvalue weighted by Crippen LogP contribution is -2.09. The number of hydrogen-bond donors (Lipinski definition) is 0. The molecule has 0 bridgehead atoms. The first-order valence-electron chi connectivity index (χ1n) is 3.09.